The molecule has 0 radical (unpaired) electrons. The summed E-state index contributed by atoms with van der Waals surface area (Å²) >= 11 is 0. The third-order valence-corrected chi connectivity index (χ3v) is 2.44. The first kappa shape index (κ1) is 9.30. The Balaban J connectivity index is 0.000000605. The number of rotatable bonds is 2. The van der Waals surface area contributed by atoms with Crippen LogP contribution in [0.15, 0.2) is 0 Å². The molecule has 0 atom stereocenters. The molecule has 0 unspecified atom stereocenters. The van der Waals surface area contributed by atoms with Crippen LogP contribution in [0, 0.1) is 0 Å². The smallest absolute Gasteiger partial charge is 0.0839 e. The predicted molar refractivity (Wildman–Crippen MR) is 47.2 cm³/mol. The van der Waals surface area contributed by atoms with Crippen molar-refractivity contribution in [3.63, 3.8) is 0 Å². The number of ether oxygens (including phenoxy) is 1. The molecule has 0 aromatic heterocycles. The van der Waals surface area contributed by atoms with Crippen molar-refractivity contribution >= 4 is 12.4 Å². The van der Waals surface area contributed by atoms with Crippen LogP contribution in [0.2, 0.25) is 0 Å². The van der Waals surface area contributed by atoms with Crippen molar-refractivity contribution in [1.29, 1.82) is 0 Å². The van der Waals surface area contributed by atoms with Crippen molar-refractivity contribution in [2.24, 2.45) is 0 Å². The quantitative estimate of drug-likeness (QED) is 0.688. The van der Waals surface area contributed by atoms with Gasteiger partial charge in [0.2, 0.25) is 0 Å². The number of nitrogens with one attached hydrogen (secondary N) is 1. The van der Waals surface area contributed by atoms with Crippen LogP contribution in [0.4, 0.5) is 0 Å². The van der Waals surface area contributed by atoms with Crippen LogP contribution in [-0.4, -0.2) is 24.3 Å². The Labute approximate surface area is 74.1 Å². The second kappa shape index (κ2) is 2.92. The van der Waals surface area contributed by atoms with E-state index < -0.39 is 0 Å². The van der Waals surface area contributed by atoms with E-state index in [-0.39, 0.29) is 18.0 Å². The van der Waals surface area contributed by atoms with Gasteiger partial charge in [0, 0.05) is 12.6 Å². The highest BCUT2D eigenvalue weighted by molar-refractivity contribution is 5.85. The van der Waals surface area contributed by atoms with Crippen molar-refractivity contribution < 1.29 is 4.74 Å². The number of fused-ring (bicyclic) bond motifs is 1. The molecule has 3 heteroatoms. The summed E-state index contributed by atoms with van der Waals surface area (Å²) in [6, 6.07) is 0.777. The summed E-state index contributed by atoms with van der Waals surface area (Å²) in [6.07, 6.45) is 2.87. The topological polar surface area (TPSA) is 21.3 Å². The van der Waals surface area contributed by atoms with Crippen molar-refractivity contribution in [2.45, 2.75) is 44.4 Å². The molecule has 0 aromatic rings. The molecule has 1 aliphatic carbocycles. The molecule has 0 amide bonds. The lowest BCUT2D eigenvalue weighted by molar-refractivity contribution is -0.0991. The average Bonchev–Trinajstić information content (AvgIpc) is 2.18. The van der Waals surface area contributed by atoms with Gasteiger partial charge < -0.3 is 10.1 Å². The summed E-state index contributed by atoms with van der Waals surface area (Å²) in [7, 11) is 0. The van der Waals surface area contributed by atoms with Gasteiger partial charge in [-0.3, -0.25) is 0 Å². The highest BCUT2D eigenvalue weighted by atomic mass is 35.5. The van der Waals surface area contributed by atoms with E-state index in [1.54, 1.807) is 0 Å². The zero-order valence-corrected chi connectivity index (χ0v) is 7.91. The molecule has 2 saturated heterocycles. The maximum atomic E-state index is 5.80. The molecule has 1 N–H and O–H groups in total. The molecule has 0 spiro atoms. The van der Waals surface area contributed by atoms with Gasteiger partial charge in [0.25, 0.3) is 0 Å². The summed E-state index contributed by atoms with van der Waals surface area (Å²) < 4.78 is 5.80. The molecule has 66 valence electrons. The molecule has 3 rings (SSSR count). The van der Waals surface area contributed by atoms with Crippen LogP contribution in [0.3, 0.4) is 0 Å². The van der Waals surface area contributed by atoms with Gasteiger partial charge in [-0.15, -0.1) is 12.4 Å². The van der Waals surface area contributed by atoms with Crippen molar-refractivity contribution in [2.75, 3.05) is 6.54 Å². The SMILES string of the molecule is CC(C)OC12CNC(C1)C2.Cl. The van der Waals surface area contributed by atoms with E-state index in [1.165, 1.54) is 12.8 Å². The van der Waals surface area contributed by atoms with Crippen LogP contribution in [0.5, 0.6) is 0 Å². The first-order chi connectivity index (χ1) is 4.70. The average molecular weight is 178 g/mol. The highest BCUT2D eigenvalue weighted by Crippen LogP contribution is 2.41. The molecular formula is C8H16ClNO. The fourth-order valence-electron chi connectivity index (χ4n) is 2.10. The maximum Gasteiger partial charge on any atom is 0.0839 e. The van der Waals surface area contributed by atoms with E-state index >= 15 is 0 Å². The van der Waals surface area contributed by atoms with Crippen LogP contribution in [-0.2, 0) is 4.74 Å². The van der Waals surface area contributed by atoms with Gasteiger partial charge in [0.1, 0.15) is 0 Å². The minimum absolute atomic E-state index is 0. The molecule has 3 fully saturated rings. The van der Waals surface area contributed by atoms with E-state index in [2.05, 4.69) is 19.2 Å². The van der Waals surface area contributed by atoms with Crippen molar-refractivity contribution in [3.05, 3.63) is 0 Å². The van der Waals surface area contributed by atoms with Gasteiger partial charge in [0.05, 0.1) is 11.7 Å². The number of hydrogen-bond acceptors (Lipinski definition) is 2. The standard InChI is InChI=1S/C8H15NO.ClH/c1-6(2)10-8-3-7(4-8)9-5-8;/h6-7,9H,3-5H2,1-2H3;1H. The molecule has 11 heavy (non-hydrogen) atoms. The first-order valence-corrected chi connectivity index (χ1v) is 4.11. The molecule has 2 bridgehead atoms. The molecule has 2 heterocycles. The summed E-state index contributed by atoms with van der Waals surface area (Å²) in [4.78, 5) is 0. The third-order valence-electron chi connectivity index (χ3n) is 2.44. The summed E-state index contributed by atoms with van der Waals surface area (Å²) in [5, 5.41) is 3.41. The van der Waals surface area contributed by atoms with Gasteiger partial charge in [-0.25, -0.2) is 0 Å². The maximum absolute atomic E-state index is 5.80. The van der Waals surface area contributed by atoms with E-state index in [1.807, 2.05) is 0 Å². The zero-order chi connectivity index (χ0) is 7.19. The number of hydrogen-bond donors (Lipinski definition) is 1. The highest BCUT2D eigenvalue weighted by Gasteiger charge is 2.51. The summed E-state index contributed by atoms with van der Waals surface area (Å²) in [5.74, 6) is 0. The van der Waals surface area contributed by atoms with Gasteiger partial charge in [-0.2, -0.15) is 0 Å². The van der Waals surface area contributed by atoms with E-state index in [9.17, 15) is 0 Å². The second-order valence-electron chi connectivity index (χ2n) is 3.84. The lowest BCUT2D eigenvalue weighted by Crippen LogP contribution is -2.44. The van der Waals surface area contributed by atoms with E-state index in [4.69, 9.17) is 4.74 Å². The Kier molecular flexibility index (Phi) is 2.47. The Morgan fingerprint density at radius 3 is 2.45 bits per heavy atom. The van der Waals surface area contributed by atoms with Crippen LogP contribution >= 0.6 is 12.4 Å². The van der Waals surface area contributed by atoms with Crippen molar-refractivity contribution in [1.82, 2.24) is 5.32 Å². The monoisotopic (exact) mass is 177 g/mol. The number of halogens is 1. The van der Waals surface area contributed by atoms with Crippen LogP contribution in [0.25, 0.3) is 0 Å². The Hall–Kier alpha value is 0.210. The van der Waals surface area contributed by atoms with Crippen LogP contribution in [0.1, 0.15) is 26.7 Å². The van der Waals surface area contributed by atoms with Gasteiger partial charge >= 0.3 is 0 Å². The van der Waals surface area contributed by atoms with Gasteiger partial charge in [0.15, 0.2) is 0 Å². The van der Waals surface area contributed by atoms with Gasteiger partial charge in [-0.05, 0) is 26.7 Å². The van der Waals surface area contributed by atoms with E-state index in [0.717, 1.165) is 12.6 Å². The molecular weight excluding hydrogens is 162 g/mol. The van der Waals surface area contributed by atoms with E-state index in [0.29, 0.717) is 6.10 Å². The lowest BCUT2D eigenvalue weighted by atomic mass is 9.81. The first-order valence-electron chi connectivity index (χ1n) is 4.11. The zero-order valence-electron chi connectivity index (χ0n) is 7.09. The second-order valence-corrected chi connectivity index (χ2v) is 3.84. The largest absolute Gasteiger partial charge is 0.371 e. The van der Waals surface area contributed by atoms with Gasteiger partial charge in [-0.1, -0.05) is 0 Å². The Bertz CT molecular complexity index is 138. The summed E-state index contributed by atoms with van der Waals surface area (Å²) in [6.45, 7) is 5.30. The Morgan fingerprint density at radius 1 is 1.45 bits per heavy atom. The fourth-order valence-corrected chi connectivity index (χ4v) is 2.10. The molecule has 2 aliphatic heterocycles. The summed E-state index contributed by atoms with van der Waals surface area (Å²) in [5.41, 5.74) is 0.249. The lowest BCUT2D eigenvalue weighted by Gasteiger charge is -2.38. The normalized spacial score (nSPS) is 40.1. The fraction of sp³-hybridized carbons (Fsp3) is 1.00. The minimum atomic E-state index is 0. The molecule has 1 saturated carbocycles. The molecule has 2 nitrogen and oxygen atoms in total. The predicted octanol–water partition coefficient (Wildman–Crippen LogP) is 1.34. The Morgan fingerprint density at radius 2 is 2.09 bits per heavy atom. The van der Waals surface area contributed by atoms with Crippen molar-refractivity contribution in [3.8, 4) is 0 Å². The third kappa shape index (κ3) is 1.53. The van der Waals surface area contributed by atoms with Crippen LogP contribution < -0.4 is 5.32 Å². The minimum Gasteiger partial charge on any atom is -0.371 e. The molecule has 3 aliphatic rings. The molecule has 0 aromatic carbocycles.